The molecular weight excluding hydrogens is 292 g/mol. The minimum atomic E-state index is -4.98. The number of carbonyl (C=O) groups excluding carboxylic acids is 1. The summed E-state index contributed by atoms with van der Waals surface area (Å²) in [4.78, 5) is 14.9. The first kappa shape index (κ1) is 15.1. The highest BCUT2D eigenvalue weighted by Gasteiger charge is 2.44. The van der Waals surface area contributed by atoms with Crippen LogP contribution in [0.5, 0.6) is 0 Å². The molecule has 0 aliphatic carbocycles. The molecule has 21 heavy (non-hydrogen) atoms. The second-order valence-electron chi connectivity index (χ2n) is 4.50. The molecule has 0 bridgehead atoms. The first-order valence-corrected chi connectivity index (χ1v) is 5.91. The molecule has 2 rings (SSSR count). The highest BCUT2D eigenvalue weighted by Crippen LogP contribution is 2.28. The molecule has 0 spiro atoms. The summed E-state index contributed by atoms with van der Waals surface area (Å²) in [5.41, 5.74) is 0.912. The third-order valence-electron chi connectivity index (χ3n) is 2.93. The van der Waals surface area contributed by atoms with Gasteiger partial charge >= 0.3 is 6.18 Å². The van der Waals surface area contributed by atoms with E-state index in [1.54, 1.807) is 6.92 Å². The number of rotatable bonds is 3. The number of hydrogen-bond donors (Lipinski definition) is 0. The summed E-state index contributed by atoms with van der Waals surface area (Å²) in [6.45, 7) is 2.68. The van der Waals surface area contributed by atoms with E-state index in [-0.39, 0.29) is 11.4 Å². The summed E-state index contributed by atoms with van der Waals surface area (Å²) in [7, 11) is 0. The van der Waals surface area contributed by atoms with Gasteiger partial charge in [-0.25, -0.2) is 4.39 Å². The number of hydrogen-bond acceptors (Lipinski definition) is 4. The normalized spacial score (nSPS) is 13.2. The van der Waals surface area contributed by atoms with Gasteiger partial charge in [0.05, 0.1) is 0 Å². The minimum absolute atomic E-state index is 0.0659. The van der Waals surface area contributed by atoms with Gasteiger partial charge in [0.25, 0.3) is 0 Å². The van der Waals surface area contributed by atoms with Crippen LogP contribution >= 0.6 is 0 Å². The van der Waals surface area contributed by atoms with E-state index in [1.165, 1.54) is 12.1 Å². The molecule has 1 unspecified atom stereocenters. The molecule has 2 aromatic rings. The zero-order valence-corrected chi connectivity index (χ0v) is 11.0. The summed E-state index contributed by atoms with van der Waals surface area (Å²) in [5.74, 6) is -4.66. The number of Topliss-reactive ketones (excluding diaryl/α,β-unsaturated/α-hetero) is 1. The maximum Gasteiger partial charge on any atom is 0.450 e. The summed E-state index contributed by atoms with van der Waals surface area (Å²) in [6, 6.07) is 3.85. The maximum atomic E-state index is 13.2. The van der Waals surface area contributed by atoms with Gasteiger partial charge in [-0.2, -0.15) is 18.2 Å². The van der Waals surface area contributed by atoms with Gasteiger partial charge in [-0.05, 0) is 31.5 Å². The molecule has 112 valence electrons. The van der Waals surface area contributed by atoms with E-state index in [4.69, 9.17) is 0 Å². The van der Waals surface area contributed by atoms with Crippen LogP contribution in [0.25, 0.3) is 11.4 Å². The predicted molar refractivity (Wildman–Crippen MR) is 63.9 cm³/mol. The van der Waals surface area contributed by atoms with E-state index < -0.39 is 29.6 Å². The van der Waals surface area contributed by atoms with Gasteiger partial charge in [0.2, 0.25) is 17.5 Å². The number of benzene rings is 1. The second-order valence-corrected chi connectivity index (χ2v) is 4.50. The van der Waals surface area contributed by atoms with Crippen LogP contribution in [0, 0.1) is 12.7 Å². The van der Waals surface area contributed by atoms with Crippen LogP contribution in [0.4, 0.5) is 17.6 Å². The molecule has 0 saturated carbocycles. The Morgan fingerprint density at radius 1 is 1.33 bits per heavy atom. The summed E-state index contributed by atoms with van der Waals surface area (Å²) in [5, 5.41) is 3.50. The zero-order valence-electron chi connectivity index (χ0n) is 11.0. The van der Waals surface area contributed by atoms with Crippen molar-refractivity contribution in [3.05, 3.63) is 35.5 Å². The summed E-state index contributed by atoms with van der Waals surface area (Å²) >= 11 is 0. The molecule has 1 aromatic carbocycles. The van der Waals surface area contributed by atoms with Crippen molar-refractivity contribution in [3.63, 3.8) is 0 Å². The number of carbonyl (C=O) groups is 1. The quantitative estimate of drug-likeness (QED) is 0.815. The van der Waals surface area contributed by atoms with Crippen LogP contribution in [0.2, 0.25) is 0 Å². The summed E-state index contributed by atoms with van der Waals surface area (Å²) < 4.78 is 54.9. The molecule has 0 aliphatic rings. The minimum Gasteiger partial charge on any atom is -0.338 e. The molecule has 0 N–H and O–H groups in total. The van der Waals surface area contributed by atoms with Crippen molar-refractivity contribution in [2.24, 2.45) is 0 Å². The molecule has 1 atom stereocenters. The lowest BCUT2D eigenvalue weighted by atomic mass is 10.1. The van der Waals surface area contributed by atoms with Gasteiger partial charge in [0.15, 0.2) is 0 Å². The van der Waals surface area contributed by atoms with Crippen LogP contribution in [0.15, 0.2) is 22.7 Å². The molecule has 0 amide bonds. The third-order valence-corrected chi connectivity index (χ3v) is 2.93. The van der Waals surface area contributed by atoms with Gasteiger partial charge in [-0.3, -0.25) is 4.79 Å². The first-order chi connectivity index (χ1) is 9.70. The van der Waals surface area contributed by atoms with Crippen molar-refractivity contribution < 1.29 is 26.9 Å². The van der Waals surface area contributed by atoms with Crippen LogP contribution in [-0.2, 0) is 4.79 Å². The SMILES string of the molecule is Cc1ccc(F)cc1-c1noc(C(C)C(=O)C(F)(F)F)n1. The molecule has 0 aliphatic heterocycles. The van der Waals surface area contributed by atoms with Crippen molar-refractivity contribution in [2.75, 3.05) is 0 Å². The lowest BCUT2D eigenvalue weighted by Crippen LogP contribution is -2.27. The van der Waals surface area contributed by atoms with Gasteiger partial charge in [-0.1, -0.05) is 11.2 Å². The Kier molecular flexibility index (Phi) is 3.80. The fourth-order valence-electron chi connectivity index (χ4n) is 1.71. The van der Waals surface area contributed by atoms with Gasteiger partial charge in [0, 0.05) is 5.56 Å². The lowest BCUT2D eigenvalue weighted by Gasteiger charge is -2.08. The molecule has 0 radical (unpaired) electrons. The standard InChI is InChI=1S/C13H10F4N2O2/c1-6-3-4-8(14)5-9(6)11-18-12(21-19-11)7(2)10(20)13(15,16)17/h3-5,7H,1-2H3. The van der Waals surface area contributed by atoms with Crippen molar-refractivity contribution in [1.29, 1.82) is 0 Å². The Bertz CT molecular complexity index is 679. The Balaban J connectivity index is 2.34. The average molecular weight is 302 g/mol. The second kappa shape index (κ2) is 5.27. The van der Waals surface area contributed by atoms with Crippen molar-refractivity contribution in [2.45, 2.75) is 25.9 Å². The van der Waals surface area contributed by atoms with Gasteiger partial charge in [0.1, 0.15) is 11.7 Å². The van der Waals surface area contributed by atoms with Crippen LogP contribution in [0.1, 0.15) is 24.3 Å². The summed E-state index contributed by atoms with van der Waals surface area (Å²) in [6.07, 6.45) is -4.98. The van der Waals surface area contributed by atoms with Crippen molar-refractivity contribution >= 4 is 5.78 Å². The van der Waals surface area contributed by atoms with Gasteiger partial charge in [-0.15, -0.1) is 0 Å². The topological polar surface area (TPSA) is 56.0 Å². The number of aromatic nitrogens is 2. The zero-order chi connectivity index (χ0) is 15.8. The highest BCUT2D eigenvalue weighted by atomic mass is 19.4. The Hall–Kier alpha value is -2.25. The van der Waals surface area contributed by atoms with Crippen LogP contribution in [-0.4, -0.2) is 22.1 Å². The number of aryl methyl sites for hydroxylation is 1. The highest BCUT2D eigenvalue weighted by molar-refractivity contribution is 5.89. The Morgan fingerprint density at radius 3 is 2.62 bits per heavy atom. The van der Waals surface area contributed by atoms with E-state index >= 15 is 0 Å². The van der Waals surface area contributed by atoms with Crippen molar-refractivity contribution in [1.82, 2.24) is 10.1 Å². The van der Waals surface area contributed by atoms with E-state index in [0.29, 0.717) is 5.56 Å². The number of ketones is 1. The largest absolute Gasteiger partial charge is 0.450 e. The van der Waals surface area contributed by atoms with Crippen LogP contribution in [0.3, 0.4) is 0 Å². The van der Waals surface area contributed by atoms with Gasteiger partial charge < -0.3 is 4.52 Å². The van der Waals surface area contributed by atoms with E-state index in [2.05, 4.69) is 14.7 Å². The van der Waals surface area contributed by atoms with Crippen molar-refractivity contribution in [3.8, 4) is 11.4 Å². The molecule has 1 heterocycles. The van der Waals surface area contributed by atoms with Crippen LogP contribution < -0.4 is 0 Å². The maximum absolute atomic E-state index is 13.2. The number of nitrogens with zero attached hydrogens (tertiary/aromatic N) is 2. The number of halogens is 4. The molecular formula is C13H10F4N2O2. The third kappa shape index (κ3) is 3.09. The Morgan fingerprint density at radius 2 is 2.00 bits per heavy atom. The predicted octanol–water partition coefficient (Wildman–Crippen LogP) is 3.42. The molecule has 0 saturated heterocycles. The van der Waals surface area contributed by atoms with E-state index in [0.717, 1.165) is 13.0 Å². The first-order valence-electron chi connectivity index (χ1n) is 5.91. The number of alkyl halides is 3. The Labute approximate surface area is 116 Å². The molecule has 4 nitrogen and oxygen atoms in total. The smallest absolute Gasteiger partial charge is 0.338 e. The molecule has 8 heteroatoms. The fraction of sp³-hybridized carbons (Fsp3) is 0.308. The lowest BCUT2D eigenvalue weighted by molar-refractivity contribution is -0.172. The van der Waals surface area contributed by atoms with E-state index in [9.17, 15) is 22.4 Å². The molecule has 0 fully saturated rings. The average Bonchev–Trinajstić information content (AvgIpc) is 2.88. The van der Waals surface area contributed by atoms with E-state index in [1.807, 2.05) is 0 Å². The fourth-order valence-corrected chi connectivity index (χ4v) is 1.71. The monoisotopic (exact) mass is 302 g/mol. The molecule has 1 aromatic heterocycles.